The van der Waals surface area contributed by atoms with Crippen LogP contribution in [0.3, 0.4) is 0 Å². The van der Waals surface area contributed by atoms with Crippen molar-refractivity contribution in [2.45, 2.75) is 30.3 Å². The lowest BCUT2D eigenvalue weighted by Crippen LogP contribution is -2.63. The van der Waals surface area contributed by atoms with Crippen molar-refractivity contribution in [3.63, 3.8) is 0 Å². The second-order valence-electron chi connectivity index (χ2n) is 2.63. The van der Waals surface area contributed by atoms with Crippen LogP contribution in [0.1, 0.15) is 0 Å². The Morgan fingerprint density at radius 3 is 1.00 bits per heavy atom. The van der Waals surface area contributed by atoms with Gasteiger partial charge >= 0.3 is 24.1 Å². The summed E-state index contributed by atoms with van der Waals surface area (Å²) in [6.45, 7) is 0. The molecule has 16 heavy (non-hydrogen) atoms. The molecule has 0 aliphatic heterocycles. The molecule has 0 heterocycles. The summed E-state index contributed by atoms with van der Waals surface area (Å²) in [4.78, 5) is 0. The number of halogens is 10. The van der Waals surface area contributed by atoms with E-state index in [2.05, 4.69) is 0 Å². The molecule has 97 valence electrons. The summed E-state index contributed by atoms with van der Waals surface area (Å²) in [5.41, 5.74) is -6.91. The quantitative estimate of drug-likeness (QED) is 0.685. The molecule has 1 unspecified atom stereocenters. The summed E-state index contributed by atoms with van der Waals surface area (Å²) in [6.07, 6.45) is -26.1. The Balaban J connectivity index is 5.63. The second-order valence-corrected chi connectivity index (χ2v) is 2.63. The molecule has 0 saturated heterocycles. The van der Waals surface area contributed by atoms with Gasteiger partial charge in [-0.1, -0.05) is 0 Å². The van der Waals surface area contributed by atoms with E-state index in [9.17, 15) is 49.0 Å². The Hall–Kier alpha value is -0.740. The highest BCUT2D eigenvalue weighted by Gasteiger charge is 2.81. The maximum Gasteiger partial charge on any atom is 0.434 e. The minimum Gasteiger partial charge on any atom is -0.233 e. The van der Waals surface area contributed by atoms with Gasteiger partial charge in [-0.15, -0.1) is 0 Å². The van der Waals surface area contributed by atoms with Gasteiger partial charge in [0.1, 0.15) is 0 Å². The third-order valence-corrected chi connectivity index (χ3v) is 1.47. The van der Waals surface area contributed by atoms with Crippen LogP contribution in [-0.4, -0.2) is 30.3 Å². The smallest absolute Gasteiger partial charge is 0.233 e. The summed E-state index contributed by atoms with van der Waals surface area (Å²) in [5.74, 6) is 0. The van der Waals surface area contributed by atoms with E-state index in [4.69, 9.17) is 0 Å². The SMILES string of the molecule is [O]C(F)(F)C(F)C(F)(C(F)(F)F)C(F)(F)F. The van der Waals surface area contributed by atoms with Gasteiger partial charge in [-0.05, 0) is 0 Å². The number of alkyl halides is 10. The largest absolute Gasteiger partial charge is 0.434 e. The molecule has 0 aromatic rings. The first-order valence-corrected chi connectivity index (χ1v) is 3.20. The fourth-order valence-corrected chi connectivity index (χ4v) is 0.680. The van der Waals surface area contributed by atoms with Gasteiger partial charge in [0, 0.05) is 0 Å². The van der Waals surface area contributed by atoms with Crippen LogP contribution in [0.4, 0.5) is 43.9 Å². The average molecular weight is 267 g/mol. The van der Waals surface area contributed by atoms with Gasteiger partial charge in [-0.3, -0.25) is 0 Å². The molecule has 0 aliphatic rings. The molecule has 0 N–H and O–H groups in total. The molecule has 1 nitrogen and oxygen atoms in total. The van der Waals surface area contributed by atoms with E-state index in [1.807, 2.05) is 0 Å². The van der Waals surface area contributed by atoms with Crippen molar-refractivity contribution in [2.75, 3.05) is 0 Å². The summed E-state index contributed by atoms with van der Waals surface area (Å²) < 4.78 is 117. The molecule has 0 saturated carbocycles. The molecule has 0 bridgehead atoms. The van der Waals surface area contributed by atoms with E-state index in [-0.39, 0.29) is 0 Å². The van der Waals surface area contributed by atoms with Crippen LogP contribution >= 0.6 is 0 Å². The average Bonchev–Trinajstić information content (AvgIpc) is 1.95. The Kier molecular flexibility index (Phi) is 3.47. The Labute approximate surface area is 80.6 Å². The minimum atomic E-state index is -7.03. The lowest BCUT2D eigenvalue weighted by Gasteiger charge is -2.33. The summed E-state index contributed by atoms with van der Waals surface area (Å²) >= 11 is 0. The van der Waals surface area contributed by atoms with E-state index in [1.165, 1.54) is 0 Å². The normalized spacial score (nSPS) is 17.4. The molecule has 0 fully saturated rings. The standard InChI is InChI=1S/C5HF10O/c6-1(3(8,9)16)2(7,4(10,11)12)5(13,14)15/h1H. The summed E-state index contributed by atoms with van der Waals surface area (Å²) in [7, 11) is 0. The van der Waals surface area contributed by atoms with Crippen LogP contribution in [0.2, 0.25) is 0 Å². The molecule has 0 aromatic heterocycles. The fraction of sp³-hybridized carbons (Fsp3) is 1.00. The van der Waals surface area contributed by atoms with Crippen LogP contribution < -0.4 is 0 Å². The number of hydrogen-bond donors (Lipinski definition) is 0. The number of rotatable bonds is 2. The van der Waals surface area contributed by atoms with Crippen molar-refractivity contribution in [3.05, 3.63) is 0 Å². The molecule has 0 spiro atoms. The zero-order chi connectivity index (χ0) is 13.6. The maximum absolute atomic E-state index is 12.4. The van der Waals surface area contributed by atoms with E-state index in [0.29, 0.717) is 0 Å². The third kappa shape index (κ3) is 2.33. The lowest BCUT2D eigenvalue weighted by atomic mass is 9.97. The monoisotopic (exact) mass is 267 g/mol. The fourth-order valence-electron chi connectivity index (χ4n) is 0.680. The second kappa shape index (κ2) is 3.64. The van der Waals surface area contributed by atoms with Crippen molar-refractivity contribution in [2.24, 2.45) is 0 Å². The minimum absolute atomic E-state index is 5.63. The van der Waals surface area contributed by atoms with E-state index in [1.54, 1.807) is 0 Å². The highest BCUT2D eigenvalue weighted by atomic mass is 19.4. The van der Waals surface area contributed by atoms with Crippen LogP contribution in [0.5, 0.6) is 0 Å². The summed E-state index contributed by atoms with van der Waals surface area (Å²) in [5, 5.41) is 9.40. The lowest BCUT2D eigenvalue weighted by molar-refractivity contribution is -0.403. The van der Waals surface area contributed by atoms with Crippen molar-refractivity contribution in [3.8, 4) is 0 Å². The van der Waals surface area contributed by atoms with Crippen molar-refractivity contribution >= 4 is 0 Å². The van der Waals surface area contributed by atoms with E-state index >= 15 is 0 Å². The summed E-state index contributed by atoms with van der Waals surface area (Å²) in [6, 6.07) is 0. The Morgan fingerprint density at radius 2 is 0.938 bits per heavy atom. The van der Waals surface area contributed by atoms with E-state index < -0.39 is 30.3 Å². The molecular formula is C5HF10O. The Morgan fingerprint density at radius 1 is 0.688 bits per heavy atom. The molecule has 0 rings (SSSR count). The highest BCUT2D eigenvalue weighted by Crippen LogP contribution is 2.52. The molecular weight excluding hydrogens is 266 g/mol. The van der Waals surface area contributed by atoms with E-state index in [0.717, 1.165) is 0 Å². The first kappa shape index (κ1) is 15.3. The van der Waals surface area contributed by atoms with Gasteiger partial charge in [0.15, 0.2) is 0 Å². The predicted octanol–water partition coefficient (Wildman–Crippen LogP) is 3.18. The molecule has 1 radical (unpaired) electrons. The van der Waals surface area contributed by atoms with Gasteiger partial charge in [0.2, 0.25) is 6.17 Å². The van der Waals surface area contributed by atoms with Crippen LogP contribution in [-0.2, 0) is 5.11 Å². The van der Waals surface area contributed by atoms with Crippen LogP contribution in [0.15, 0.2) is 0 Å². The molecule has 11 heteroatoms. The topological polar surface area (TPSA) is 19.9 Å². The molecule has 1 atom stereocenters. The molecule has 0 aliphatic carbocycles. The Bertz CT molecular complexity index is 231. The highest BCUT2D eigenvalue weighted by molar-refractivity contribution is 5.03. The van der Waals surface area contributed by atoms with Gasteiger partial charge in [-0.25, -0.2) is 8.78 Å². The third-order valence-electron chi connectivity index (χ3n) is 1.47. The van der Waals surface area contributed by atoms with Crippen LogP contribution in [0, 0.1) is 0 Å². The number of hydrogen-bond acceptors (Lipinski definition) is 0. The van der Waals surface area contributed by atoms with Crippen molar-refractivity contribution in [1.82, 2.24) is 0 Å². The van der Waals surface area contributed by atoms with Gasteiger partial charge in [0.05, 0.1) is 0 Å². The molecule has 0 aromatic carbocycles. The molecule has 0 amide bonds. The predicted molar refractivity (Wildman–Crippen MR) is 26.5 cm³/mol. The van der Waals surface area contributed by atoms with Gasteiger partial charge < -0.3 is 0 Å². The van der Waals surface area contributed by atoms with Gasteiger partial charge in [-0.2, -0.15) is 40.2 Å². The zero-order valence-corrected chi connectivity index (χ0v) is 6.77. The first-order chi connectivity index (χ1) is 6.65. The van der Waals surface area contributed by atoms with Crippen molar-refractivity contribution in [1.29, 1.82) is 0 Å². The first-order valence-electron chi connectivity index (χ1n) is 3.20. The zero-order valence-electron chi connectivity index (χ0n) is 6.77. The van der Waals surface area contributed by atoms with Crippen molar-refractivity contribution < 1.29 is 49.0 Å². The maximum atomic E-state index is 12.4. The van der Waals surface area contributed by atoms with Gasteiger partial charge in [0.25, 0.3) is 0 Å². The van der Waals surface area contributed by atoms with Crippen LogP contribution in [0.25, 0.3) is 0 Å².